The summed E-state index contributed by atoms with van der Waals surface area (Å²) < 4.78 is 16.0. The van der Waals surface area contributed by atoms with Crippen LogP contribution in [0.1, 0.15) is 38.3 Å². The number of para-hydroxylation sites is 1. The van der Waals surface area contributed by atoms with E-state index in [2.05, 4.69) is 24.4 Å². The van der Waals surface area contributed by atoms with E-state index in [-0.39, 0.29) is 0 Å². The molecule has 0 saturated heterocycles. The van der Waals surface area contributed by atoms with E-state index in [9.17, 15) is 0 Å². The lowest BCUT2D eigenvalue weighted by molar-refractivity contribution is 0.0687. The summed E-state index contributed by atoms with van der Waals surface area (Å²) in [4.78, 5) is 0. The molecule has 0 aliphatic carbocycles. The summed E-state index contributed by atoms with van der Waals surface area (Å²) in [5, 5.41) is 3.54. The Bertz CT molecular complexity index is 371. The zero-order chi connectivity index (χ0) is 15.3. The van der Waals surface area contributed by atoms with Gasteiger partial charge in [0.2, 0.25) is 0 Å². The van der Waals surface area contributed by atoms with Gasteiger partial charge in [0.05, 0.1) is 19.8 Å². The van der Waals surface area contributed by atoms with Gasteiger partial charge in [-0.15, -0.1) is 0 Å². The van der Waals surface area contributed by atoms with Crippen molar-refractivity contribution < 1.29 is 14.2 Å². The summed E-state index contributed by atoms with van der Waals surface area (Å²) in [6.45, 7) is 8.02. The van der Waals surface area contributed by atoms with Gasteiger partial charge >= 0.3 is 0 Å². The van der Waals surface area contributed by atoms with Gasteiger partial charge in [0.15, 0.2) is 0 Å². The summed E-state index contributed by atoms with van der Waals surface area (Å²) in [6.07, 6.45) is 2.17. The molecule has 1 rings (SSSR count). The van der Waals surface area contributed by atoms with Crippen LogP contribution in [0.2, 0.25) is 0 Å². The number of nitrogens with one attached hydrogen (secondary N) is 1. The van der Waals surface area contributed by atoms with Gasteiger partial charge < -0.3 is 19.5 Å². The molecular formula is C17H29NO3. The maximum absolute atomic E-state index is 5.67. The lowest BCUT2D eigenvalue weighted by Gasteiger charge is -2.18. The summed E-state index contributed by atoms with van der Waals surface area (Å²) in [7, 11) is 1.69. The van der Waals surface area contributed by atoms with Gasteiger partial charge in [-0.1, -0.05) is 18.2 Å². The molecule has 1 unspecified atom stereocenters. The van der Waals surface area contributed by atoms with Crippen LogP contribution in [0.3, 0.4) is 0 Å². The van der Waals surface area contributed by atoms with Crippen molar-refractivity contribution >= 4 is 0 Å². The molecule has 21 heavy (non-hydrogen) atoms. The number of rotatable bonds is 12. The Kier molecular flexibility index (Phi) is 9.87. The monoisotopic (exact) mass is 295 g/mol. The molecule has 0 heterocycles. The fraction of sp³-hybridized carbons (Fsp3) is 0.647. The zero-order valence-corrected chi connectivity index (χ0v) is 13.6. The number of ether oxygens (including phenoxy) is 3. The van der Waals surface area contributed by atoms with Gasteiger partial charge in [0.1, 0.15) is 5.75 Å². The van der Waals surface area contributed by atoms with Crippen molar-refractivity contribution in [1.29, 1.82) is 0 Å². The first-order valence-corrected chi connectivity index (χ1v) is 7.81. The molecule has 0 amide bonds. The van der Waals surface area contributed by atoms with Gasteiger partial charge in [-0.05, 0) is 39.3 Å². The highest BCUT2D eigenvalue weighted by Gasteiger charge is 2.09. The summed E-state index contributed by atoms with van der Waals surface area (Å²) in [6, 6.07) is 8.51. The Morgan fingerprint density at radius 2 is 1.90 bits per heavy atom. The van der Waals surface area contributed by atoms with E-state index in [1.807, 2.05) is 19.1 Å². The fourth-order valence-electron chi connectivity index (χ4n) is 2.13. The highest BCUT2D eigenvalue weighted by molar-refractivity contribution is 5.35. The Morgan fingerprint density at radius 3 is 2.67 bits per heavy atom. The smallest absolute Gasteiger partial charge is 0.124 e. The van der Waals surface area contributed by atoms with Gasteiger partial charge in [0, 0.05) is 25.3 Å². The maximum Gasteiger partial charge on any atom is 0.124 e. The molecule has 0 aliphatic heterocycles. The van der Waals surface area contributed by atoms with E-state index in [0.29, 0.717) is 25.9 Å². The van der Waals surface area contributed by atoms with Gasteiger partial charge in [-0.3, -0.25) is 0 Å². The third-order valence-electron chi connectivity index (χ3n) is 3.28. The lowest BCUT2D eigenvalue weighted by atomic mass is 10.1. The third-order valence-corrected chi connectivity index (χ3v) is 3.28. The predicted molar refractivity (Wildman–Crippen MR) is 86.0 cm³/mol. The van der Waals surface area contributed by atoms with Crippen LogP contribution in [0.5, 0.6) is 5.75 Å². The molecule has 0 saturated carbocycles. The van der Waals surface area contributed by atoms with Crippen molar-refractivity contribution in [3.8, 4) is 5.75 Å². The van der Waals surface area contributed by atoms with Crippen molar-refractivity contribution in [2.24, 2.45) is 0 Å². The van der Waals surface area contributed by atoms with Gasteiger partial charge in [-0.2, -0.15) is 0 Å². The molecule has 0 aromatic heterocycles. The molecule has 4 nitrogen and oxygen atoms in total. The molecule has 0 fully saturated rings. The first-order chi connectivity index (χ1) is 10.3. The number of methoxy groups -OCH3 is 1. The topological polar surface area (TPSA) is 39.7 Å². The average Bonchev–Trinajstić information content (AvgIpc) is 2.50. The van der Waals surface area contributed by atoms with Crippen molar-refractivity contribution in [3.63, 3.8) is 0 Å². The molecule has 0 spiro atoms. The number of hydrogen-bond acceptors (Lipinski definition) is 4. The van der Waals surface area contributed by atoms with E-state index in [1.165, 1.54) is 5.56 Å². The lowest BCUT2D eigenvalue weighted by Crippen LogP contribution is -2.21. The Morgan fingerprint density at radius 1 is 1.10 bits per heavy atom. The van der Waals surface area contributed by atoms with Crippen LogP contribution in [0.4, 0.5) is 0 Å². The molecule has 1 aromatic carbocycles. The van der Waals surface area contributed by atoms with Crippen LogP contribution < -0.4 is 10.1 Å². The van der Waals surface area contributed by atoms with Crippen LogP contribution in [0.25, 0.3) is 0 Å². The second-order valence-corrected chi connectivity index (χ2v) is 4.96. The summed E-state index contributed by atoms with van der Waals surface area (Å²) >= 11 is 0. The summed E-state index contributed by atoms with van der Waals surface area (Å²) in [5.74, 6) is 0.975. The van der Waals surface area contributed by atoms with E-state index >= 15 is 0 Å². The first-order valence-electron chi connectivity index (χ1n) is 7.81. The fourth-order valence-corrected chi connectivity index (χ4v) is 2.13. The molecule has 0 aliphatic rings. The normalized spacial score (nSPS) is 12.3. The van der Waals surface area contributed by atoms with Crippen LogP contribution in [-0.4, -0.2) is 40.1 Å². The second-order valence-electron chi connectivity index (χ2n) is 4.96. The first kappa shape index (κ1) is 18.0. The minimum absolute atomic E-state index is 0.294. The maximum atomic E-state index is 5.67. The van der Waals surface area contributed by atoms with Crippen LogP contribution in [0.15, 0.2) is 24.3 Å². The largest absolute Gasteiger partial charge is 0.494 e. The molecule has 120 valence electrons. The average molecular weight is 295 g/mol. The second kappa shape index (κ2) is 11.5. The number of unbranched alkanes of at least 4 members (excludes halogenated alkanes) is 1. The predicted octanol–water partition coefficient (Wildman–Crippen LogP) is 3.18. The molecule has 0 bridgehead atoms. The van der Waals surface area contributed by atoms with Crippen LogP contribution >= 0.6 is 0 Å². The van der Waals surface area contributed by atoms with Crippen molar-refractivity contribution in [2.75, 3.05) is 40.1 Å². The van der Waals surface area contributed by atoms with E-state index in [0.717, 1.165) is 31.7 Å². The third kappa shape index (κ3) is 7.46. The highest BCUT2D eigenvalue weighted by atomic mass is 16.5. The molecule has 1 aromatic rings. The molecule has 1 atom stereocenters. The van der Waals surface area contributed by atoms with Gasteiger partial charge in [-0.25, -0.2) is 0 Å². The van der Waals surface area contributed by atoms with Crippen LogP contribution in [-0.2, 0) is 9.47 Å². The van der Waals surface area contributed by atoms with Gasteiger partial charge in [0.25, 0.3) is 0 Å². The Hall–Kier alpha value is -1.10. The van der Waals surface area contributed by atoms with Crippen molar-refractivity contribution in [2.45, 2.75) is 32.7 Å². The van der Waals surface area contributed by atoms with E-state index in [1.54, 1.807) is 7.11 Å². The minimum Gasteiger partial charge on any atom is -0.494 e. The highest BCUT2D eigenvalue weighted by Crippen LogP contribution is 2.24. The summed E-state index contributed by atoms with van der Waals surface area (Å²) in [5.41, 5.74) is 1.22. The molecular weight excluding hydrogens is 266 g/mol. The Labute approximate surface area is 128 Å². The van der Waals surface area contributed by atoms with E-state index in [4.69, 9.17) is 14.2 Å². The Balaban J connectivity index is 2.20. The quantitative estimate of drug-likeness (QED) is 0.601. The minimum atomic E-state index is 0.294. The van der Waals surface area contributed by atoms with Crippen molar-refractivity contribution in [1.82, 2.24) is 5.32 Å². The molecule has 0 radical (unpaired) electrons. The molecule has 1 N–H and O–H groups in total. The SMILES string of the molecule is CCOc1ccccc1C(C)NCCCCOCCOC. The van der Waals surface area contributed by atoms with Crippen LogP contribution in [0, 0.1) is 0 Å². The number of hydrogen-bond donors (Lipinski definition) is 1. The standard InChI is InChI=1S/C17H29NO3/c1-4-21-17-10-6-5-9-16(17)15(2)18-11-7-8-12-20-14-13-19-3/h5-6,9-10,15,18H,4,7-8,11-14H2,1-3H3. The van der Waals surface area contributed by atoms with Crippen molar-refractivity contribution in [3.05, 3.63) is 29.8 Å². The van der Waals surface area contributed by atoms with E-state index < -0.39 is 0 Å². The number of benzene rings is 1. The molecule has 4 heteroatoms. The zero-order valence-electron chi connectivity index (χ0n) is 13.6.